The molecule has 0 atom stereocenters. The number of hydrogen-bond acceptors (Lipinski definition) is 5. The Kier molecular flexibility index (Phi) is 5.71. The van der Waals surface area contributed by atoms with Crippen LogP contribution in [-0.2, 0) is 0 Å². The van der Waals surface area contributed by atoms with Crippen LogP contribution in [0.5, 0.6) is 5.75 Å². The first kappa shape index (κ1) is 18.7. The summed E-state index contributed by atoms with van der Waals surface area (Å²) >= 11 is 0. The lowest BCUT2D eigenvalue weighted by atomic mass is 10.2. The minimum absolute atomic E-state index is 0.183. The molecule has 0 radical (unpaired) electrons. The van der Waals surface area contributed by atoms with Crippen molar-refractivity contribution in [3.63, 3.8) is 0 Å². The molecule has 0 saturated carbocycles. The molecule has 0 unspecified atom stereocenters. The third-order valence-electron chi connectivity index (χ3n) is 3.79. The molecule has 0 spiro atoms. The van der Waals surface area contributed by atoms with Gasteiger partial charge < -0.3 is 14.5 Å². The van der Waals surface area contributed by atoms with Gasteiger partial charge in [0.1, 0.15) is 5.75 Å². The third kappa shape index (κ3) is 4.55. The molecule has 8 heteroatoms. The predicted octanol–water partition coefficient (Wildman–Crippen LogP) is 2.62. The topological polar surface area (TPSA) is 110 Å². The van der Waals surface area contributed by atoms with E-state index >= 15 is 0 Å². The minimum Gasteiger partial charge on any atom is -0.497 e. The van der Waals surface area contributed by atoms with Crippen molar-refractivity contribution in [2.75, 3.05) is 12.4 Å². The fourth-order valence-corrected chi connectivity index (χ4v) is 2.31. The zero-order valence-electron chi connectivity index (χ0n) is 14.9. The van der Waals surface area contributed by atoms with Crippen molar-refractivity contribution in [2.45, 2.75) is 0 Å². The summed E-state index contributed by atoms with van der Waals surface area (Å²) in [7, 11) is 1.53. The van der Waals surface area contributed by atoms with E-state index in [1.54, 1.807) is 48.5 Å². The highest BCUT2D eigenvalue weighted by molar-refractivity contribution is 6.03. The largest absolute Gasteiger partial charge is 0.497 e. The van der Waals surface area contributed by atoms with Crippen molar-refractivity contribution < 1.29 is 23.5 Å². The van der Waals surface area contributed by atoms with Crippen molar-refractivity contribution in [2.24, 2.45) is 0 Å². The van der Waals surface area contributed by atoms with Crippen molar-refractivity contribution in [3.8, 4) is 5.75 Å². The molecule has 1 aromatic heterocycles. The summed E-state index contributed by atoms with van der Waals surface area (Å²) in [6.07, 6.45) is 1.41. The maximum absolute atomic E-state index is 12.2. The monoisotopic (exact) mass is 379 g/mol. The van der Waals surface area contributed by atoms with Gasteiger partial charge in [0, 0.05) is 16.8 Å². The van der Waals surface area contributed by atoms with Crippen LogP contribution in [0.3, 0.4) is 0 Å². The average Bonchev–Trinajstić information content (AvgIpc) is 3.27. The van der Waals surface area contributed by atoms with Gasteiger partial charge in [-0.05, 0) is 60.7 Å². The first-order chi connectivity index (χ1) is 13.6. The van der Waals surface area contributed by atoms with E-state index in [4.69, 9.17) is 9.15 Å². The van der Waals surface area contributed by atoms with Gasteiger partial charge in [0.05, 0.1) is 13.4 Å². The zero-order valence-corrected chi connectivity index (χ0v) is 14.9. The molecule has 3 rings (SSSR count). The Morgan fingerprint density at radius 3 is 1.86 bits per heavy atom. The van der Waals surface area contributed by atoms with Crippen LogP contribution in [-0.4, -0.2) is 24.8 Å². The second kappa shape index (κ2) is 8.54. The first-order valence-corrected chi connectivity index (χ1v) is 8.26. The number of hydrogen-bond donors (Lipinski definition) is 3. The van der Waals surface area contributed by atoms with Crippen LogP contribution >= 0.6 is 0 Å². The van der Waals surface area contributed by atoms with Crippen LogP contribution in [0.25, 0.3) is 0 Å². The van der Waals surface area contributed by atoms with E-state index < -0.39 is 17.7 Å². The van der Waals surface area contributed by atoms with Gasteiger partial charge in [0.2, 0.25) is 0 Å². The van der Waals surface area contributed by atoms with Crippen LogP contribution in [0.1, 0.15) is 31.3 Å². The van der Waals surface area contributed by atoms with Crippen LogP contribution in [0.15, 0.2) is 71.3 Å². The second-order valence-electron chi connectivity index (χ2n) is 5.65. The fraction of sp³-hybridized carbons (Fsp3) is 0.0500. The maximum Gasteiger partial charge on any atom is 0.291 e. The highest BCUT2D eigenvalue weighted by atomic mass is 16.5. The van der Waals surface area contributed by atoms with Gasteiger partial charge in [0.15, 0.2) is 5.76 Å². The number of benzene rings is 2. The minimum atomic E-state index is -0.495. The third-order valence-corrected chi connectivity index (χ3v) is 3.79. The number of anilines is 1. The molecule has 0 aliphatic carbocycles. The van der Waals surface area contributed by atoms with Gasteiger partial charge >= 0.3 is 0 Å². The summed E-state index contributed by atoms with van der Waals surface area (Å²) in [5.41, 5.74) is 5.86. The Bertz CT molecular complexity index is 964. The number of amides is 3. The Balaban J connectivity index is 1.54. The van der Waals surface area contributed by atoms with E-state index in [0.717, 1.165) is 0 Å². The molecule has 0 saturated heterocycles. The van der Waals surface area contributed by atoms with E-state index in [9.17, 15) is 14.4 Å². The number of nitrogens with one attached hydrogen (secondary N) is 3. The molecule has 2 aromatic carbocycles. The molecule has 3 aromatic rings. The molecule has 0 fully saturated rings. The van der Waals surface area contributed by atoms with Crippen molar-refractivity contribution in [1.29, 1.82) is 0 Å². The van der Waals surface area contributed by atoms with Crippen LogP contribution in [0, 0.1) is 0 Å². The number of furan rings is 1. The van der Waals surface area contributed by atoms with E-state index in [-0.39, 0.29) is 5.76 Å². The summed E-state index contributed by atoms with van der Waals surface area (Å²) in [6.45, 7) is 0. The van der Waals surface area contributed by atoms with Crippen LogP contribution in [0.2, 0.25) is 0 Å². The Hall–Kier alpha value is -4.07. The first-order valence-electron chi connectivity index (χ1n) is 8.26. The lowest BCUT2D eigenvalue weighted by Gasteiger charge is -2.09. The molecular formula is C20H17N3O5. The van der Waals surface area contributed by atoms with E-state index in [1.165, 1.54) is 25.5 Å². The van der Waals surface area contributed by atoms with Crippen molar-refractivity contribution in [3.05, 3.63) is 83.8 Å². The maximum atomic E-state index is 12.2. The molecule has 0 aliphatic heterocycles. The second-order valence-corrected chi connectivity index (χ2v) is 5.65. The number of ether oxygens (including phenoxy) is 1. The van der Waals surface area contributed by atoms with E-state index in [0.29, 0.717) is 22.6 Å². The molecule has 0 aliphatic rings. The summed E-state index contributed by atoms with van der Waals surface area (Å²) < 4.78 is 10.0. The van der Waals surface area contributed by atoms with E-state index in [1.807, 2.05) is 0 Å². The highest BCUT2D eigenvalue weighted by Gasteiger charge is 2.11. The van der Waals surface area contributed by atoms with Gasteiger partial charge in [-0.1, -0.05) is 0 Å². The van der Waals surface area contributed by atoms with Gasteiger partial charge in [-0.15, -0.1) is 0 Å². The van der Waals surface area contributed by atoms with Crippen LogP contribution < -0.4 is 20.9 Å². The normalized spacial score (nSPS) is 10.0. The van der Waals surface area contributed by atoms with E-state index in [2.05, 4.69) is 16.2 Å². The predicted molar refractivity (Wildman–Crippen MR) is 101 cm³/mol. The van der Waals surface area contributed by atoms with Gasteiger partial charge in [-0.2, -0.15) is 0 Å². The Morgan fingerprint density at radius 1 is 0.786 bits per heavy atom. The standard InChI is InChI=1S/C20H17N3O5/c1-27-16-10-6-14(7-11-16)19(25)23-22-18(24)13-4-8-15(9-5-13)21-20(26)17-3-2-12-28-17/h2-12H,1H3,(H,21,26)(H,22,24)(H,23,25). The molecule has 142 valence electrons. The zero-order chi connectivity index (χ0) is 19.9. The average molecular weight is 379 g/mol. The smallest absolute Gasteiger partial charge is 0.291 e. The van der Waals surface area contributed by atoms with Gasteiger partial charge in [-0.3, -0.25) is 25.2 Å². The fourth-order valence-electron chi connectivity index (χ4n) is 2.31. The highest BCUT2D eigenvalue weighted by Crippen LogP contribution is 2.12. The number of carbonyl (C=O) groups is 3. The summed E-state index contributed by atoms with van der Waals surface area (Å²) in [6, 6.07) is 15.8. The number of rotatable bonds is 5. The molecule has 3 N–H and O–H groups in total. The molecule has 8 nitrogen and oxygen atoms in total. The molecule has 28 heavy (non-hydrogen) atoms. The number of hydrazine groups is 1. The molecular weight excluding hydrogens is 362 g/mol. The molecule has 1 heterocycles. The van der Waals surface area contributed by atoms with Crippen molar-refractivity contribution >= 4 is 23.4 Å². The van der Waals surface area contributed by atoms with Gasteiger partial charge in [-0.25, -0.2) is 0 Å². The lowest BCUT2D eigenvalue weighted by Crippen LogP contribution is -2.41. The number of carbonyl (C=O) groups excluding carboxylic acids is 3. The van der Waals surface area contributed by atoms with Gasteiger partial charge in [0.25, 0.3) is 17.7 Å². The quantitative estimate of drug-likeness (QED) is 0.591. The molecule has 3 amide bonds. The van der Waals surface area contributed by atoms with Crippen LogP contribution in [0.4, 0.5) is 5.69 Å². The summed E-state index contributed by atoms with van der Waals surface area (Å²) in [5, 5.41) is 2.65. The summed E-state index contributed by atoms with van der Waals surface area (Å²) in [4.78, 5) is 36.1. The van der Waals surface area contributed by atoms with Crippen molar-refractivity contribution in [1.82, 2.24) is 10.9 Å². The lowest BCUT2D eigenvalue weighted by molar-refractivity contribution is 0.0846. The summed E-state index contributed by atoms with van der Waals surface area (Å²) in [5.74, 6) is -0.541. The Labute approximate surface area is 160 Å². The Morgan fingerprint density at radius 2 is 1.36 bits per heavy atom. The SMILES string of the molecule is COc1ccc(C(=O)NNC(=O)c2ccc(NC(=O)c3ccco3)cc2)cc1. The number of methoxy groups -OCH3 is 1. The molecule has 0 bridgehead atoms.